The minimum atomic E-state index is -0.262. The maximum atomic E-state index is 13.2. The van der Waals surface area contributed by atoms with E-state index in [0.717, 1.165) is 35.9 Å². The van der Waals surface area contributed by atoms with Gasteiger partial charge in [0.15, 0.2) is 0 Å². The van der Waals surface area contributed by atoms with Crippen molar-refractivity contribution >= 4 is 28.9 Å². The number of aromatic nitrogens is 2. The highest BCUT2D eigenvalue weighted by Gasteiger charge is 2.21. The van der Waals surface area contributed by atoms with Gasteiger partial charge in [0.05, 0.1) is 37.8 Å². The molecule has 36 heavy (non-hydrogen) atoms. The highest BCUT2D eigenvalue weighted by atomic mass is 16.5. The van der Waals surface area contributed by atoms with Crippen LogP contribution in [0.3, 0.4) is 0 Å². The molecule has 1 aliphatic heterocycles. The van der Waals surface area contributed by atoms with Crippen LogP contribution in [0, 0.1) is 13.8 Å². The first-order chi connectivity index (χ1) is 17.5. The molecular weight excluding hydrogens is 458 g/mol. The summed E-state index contributed by atoms with van der Waals surface area (Å²) < 4.78 is 17.3. The lowest BCUT2D eigenvalue weighted by Crippen LogP contribution is -2.36. The minimum Gasteiger partial charge on any atom is -0.492 e. The quantitative estimate of drug-likeness (QED) is 0.444. The second-order valence-electron chi connectivity index (χ2n) is 8.42. The lowest BCUT2D eigenvalue weighted by molar-refractivity contribution is 0.102. The van der Waals surface area contributed by atoms with Crippen LogP contribution < -0.4 is 25.0 Å². The van der Waals surface area contributed by atoms with Gasteiger partial charge >= 0.3 is 0 Å². The second-order valence-corrected chi connectivity index (χ2v) is 8.42. The molecule has 4 rings (SSSR count). The van der Waals surface area contributed by atoms with Crippen LogP contribution in [0.15, 0.2) is 42.5 Å². The number of nitrogens with zero attached hydrogens (tertiary/aromatic N) is 3. The third kappa shape index (κ3) is 6.23. The molecule has 1 aliphatic rings. The van der Waals surface area contributed by atoms with Gasteiger partial charge in [-0.25, -0.2) is 9.97 Å². The van der Waals surface area contributed by atoms with Crippen LogP contribution in [0.2, 0.25) is 0 Å². The van der Waals surface area contributed by atoms with Gasteiger partial charge in [-0.05, 0) is 52.0 Å². The van der Waals surface area contributed by atoms with Crippen molar-refractivity contribution < 1.29 is 19.0 Å². The van der Waals surface area contributed by atoms with Crippen molar-refractivity contribution in [3.63, 3.8) is 0 Å². The molecule has 1 fully saturated rings. The second kappa shape index (κ2) is 11.7. The number of rotatable bonds is 9. The summed E-state index contributed by atoms with van der Waals surface area (Å²) in [6, 6.07) is 12.9. The lowest BCUT2D eigenvalue weighted by atomic mass is 10.1. The summed E-state index contributed by atoms with van der Waals surface area (Å²) >= 11 is 0. The van der Waals surface area contributed by atoms with Crippen LogP contribution in [0.4, 0.5) is 23.0 Å². The standard InChI is InChI=1S/C27H33N5O4/c1-5-35-24-17-23(32-10-12-34-13-11-32)25(36-6-2)16-22(24)31-26(33)20-8-7-9-21(15-20)30-27-28-18(3)14-19(4)29-27/h7-9,14-17H,5-6,10-13H2,1-4H3,(H,31,33)(H,28,29,30). The molecule has 0 unspecified atom stereocenters. The SMILES string of the molecule is CCOc1cc(N2CCOCC2)c(OCC)cc1NC(=O)c1cccc(Nc2nc(C)cc(C)n2)c1. The third-order valence-electron chi connectivity index (χ3n) is 5.62. The van der Waals surface area contributed by atoms with Crippen LogP contribution in [-0.4, -0.2) is 55.4 Å². The normalized spacial score (nSPS) is 13.3. The lowest BCUT2D eigenvalue weighted by Gasteiger charge is -2.31. The molecule has 0 radical (unpaired) electrons. The molecule has 2 heterocycles. The zero-order valence-electron chi connectivity index (χ0n) is 21.3. The summed E-state index contributed by atoms with van der Waals surface area (Å²) in [5, 5.41) is 6.19. The molecule has 2 aromatic carbocycles. The van der Waals surface area contributed by atoms with Crippen LogP contribution in [-0.2, 0) is 4.74 Å². The van der Waals surface area contributed by atoms with Crippen LogP contribution in [0.5, 0.6) is 11.5 Å². The molecule has 190 valence electrons. The molecule has 9 heteroatoms. The molecule has 1 amide bonds. The van der Waals surface area contributed by atoms with Gasteiger partial charge in [-0.15, -0.1) is 0 Å². The third-order valence-corrected chi connectivity index (χ3v) is 5.62. The summed E-state index contributed by atoms with van der Waals surface area (Å²) in [7, 11) is 0. The number of ether oxygens (including phenoxy) is 3. The first-order valence-corrected chi connectivity index (χ1v) is 12.2. The number of aryl methyl sites for hydroxylation is 2. The summed E-state index contributed by atoms with van der Waals surface area (Å²) in [4.78, 5) is 24.3. The Kier molecular flexibility index (Phi) is 8.22. The molecule has 0 aliphatic carbocycles. The molecule has 0 bridgehead atoms. The van der Waals surface area contributed by atoms with E-state index in [4.69, 9.17) is 14.2 Å². The molecule has 1 saturated heterocycles. The number of hydrogen-bond acceptors (Lipinski definition) is 8. The Labute approximate surface area is 211 Å². The monoisotopic (exact) mass is 491 g/mol. The van der Waals surface area contributed by atoms with Crippen molar-refractivity contribution in [3.05, 3.63) is 59.4 Å². The Morgan fingerprint density at radius 1 is 0.972 bits per heavy atom. The van der Waals surface area contributed by atoms with Gasteiger partial charge in [0.1, 0.15) is 11.5 Å². The van der Waals surface area contributed by atoms with E-state index in [-0.39, 0.29) is 5.91 Å². The van der Waals surface area contributed by atoms with E-state index < -0.39 is 0 Å². The minimum absolute atomic E-state index is 0.262. The maximum Gasteiger partial charge on any atom is 0.255 e. The number of nitrogens with one attached hydrogen (secondary N) is 2. The van der Waals surface area contributed by atoms with Gasteiger partial charge in [-0.2, -0.15) is 0 Å². The Hall–Kier alpha value is -3.85. The molecular formula is C27H33N5O4. The Bertz CT molecular complexity index is 1190. The van der Waals surface area contributed by atoms with E-state index in [2.05, 4.69) is 25.5 Å². The molecule has 2 N–H and O–H groups in total. The summed E-state index contributed by atoms with van der Waals surface area (Å²) in [5.41, 5.74) is 4.43. The molecule has 1 aromatic heterocycles. The summed E-state index contributed by atoms with van der Waals surface area (Å²) in [6.45, 7) is 11.5. The van der Waals surface area contributed by atoms with Gasteiger partial charge in [0.2, 0.25) is 5.95 Å². The fourth-order valence-electron chi connectivity index (χ4n) is 4.09. The van der Waals surface area contributed by atoms with E-state index >= 15 is 0 Å². The number of carbonyl (C=O) groups excluding carboxylic acids is 1. The number of benzene rings is 2. The van der Waals surface area contributed by atoms with Crippen LogP contribution >= 0.6 is 0 Å². The molecule has 9 nitrogen and oxygen atoms in total. The van der Waals surface area contributed by atoms with Crippen molar-refractivity contribution in [3.8, 4) is 11.5 Å². The number of hydrogen-bond donors (Lipinski definition) is 2. The van der Waals surface area contributed by atoms with E-state index in [1.807, 2.05) is 58.0 Å². The van der Waals surface area contributed by atoms with Crippen LogP contribution in [0.1, 0.15) is 35.6 Å². The fourth-order valence-corrected chi connectivity index (χ4v) is 4.09. The van der Waals surface area contributed by atoms with Crippen LogP contribution in [0.25, 0.3) is 0 Å². The zero-order chi connectivity index (χ0) is 25.5. The number of anilines is 4. The Morgan fingerprint density at radius 3 is 2.36 bits per heavy atom. The highest BCUT2D eigenvalue weighted by molar-refractivity contribution is 6.06. The number of morpholine rings is 1. The predicted molar refractivity (Wildman–Crippen MR) is 141 cm³/mol. The summed E-state index contributed by atoms with van der Waals surface area (Å²) in [5.74, 6) is 1.51. The Morgan fingerprint density at radius 2 is 1.67 bits per heavy atom. The topological polar surface area (TPSA) is 97.8 Å². The first-order valence-electron chi connectivity index (χ1n) is 12.2. The van der Waals surface area contributed by atoms with Crippen molar-refractivity contribution in [2.75, 3.05) is 55.1 Å². The van der Waals surface area contributed by atoms with Gasteiger partial charge in [0.25, 0.3) is 5.91 Å². The van der Waals surface area contributed by atoms with Gasteiger partial charge in [0, 0.05) is 47.9 Å². The summed E-state index contributed by atoms with van der Waals surface area (Å²) in [6.07, 6.45) is 0. The van der Waals surface area contributed by atoms with E-state index in [0.29, 0.717) is 55.1 Å². The van der Waals surface area contributed by atoms with Gasteiger partial charge in [-0.3, -0.25) is 4.79 Å². The van der Waals surface area contributed by atoms with Crippen molar-refractivity contribution in [1.29, 1.82) is 0 Å². The zero-order valence-corrected chi connectivity index (χ0v) is 21.3. The smallest absolute Gasteiger partial charge is 0.255 e. The van der Waals surface area contributed by atoms with Crippen molar-refractivity contribution in [2.45, 2.75) is 27.7 Å². The van der Waals surface area contributed by atoms with E-state index in [1.54, 1.807) is 12.1 Å². The average molecular weight is 492 g/mol. The van der Waals surface area contributed by atoms with Gasteiger partial charge in [-0.1, -0.05) is 6.07 Å². The van der Waals surface area contributed by atoms with Crippen molar-refractivity contribution in [2.24, 2.45) is 0 Å². The molecule has 3 aromatic rings. The highest BCUT2D eigenvalue weighted by Crippen LogP contribution is 2.39. The van der Waals surface area contributed by atoms with E-state index in [1.165, 1.54) is 0 Å². The van der Waals surface area contributed by atoms with E-state index in [9.17, 15) is 4.79 Å². The number of carbonyl (C=O) groups is 1. The molecule has 0 atom stereocenters. The van der Waals surface area contributed by atoms with Crippen molar-refractivity contribution in [1.82, 2.24) is 9.97 Å². The molecule has 0 saturated carbocycles. The average Bonchev–Trinajstić information content (AvgIpc) is 2.86. The Balaban J connectivity index is 1.59. The number of amides is 1. The first kappa shape index (κ1) is 25.2. The largest absolute Gasteiger partial charge is 0.492 e. The fraction of sp³-hybridized carbons (Fsp3) is 0.370. The maximum absolute atomic E-state index is 13.2. The van der Waals surface area contributed by atoms with Gasteiger partial charge < -0.3 is 29.7 Å². The predicted octanol–water partition coefficient (Wildman–Crippen LogP) is 4.72. The molecule has 0 spiro atoms.